The van der Waals surface area contributed by atoms with Crippen LogP contribution < -0.4 is 15.2 Å². The van der Waals surface area contributed by atoms with E-state index >= 15 is 0 Å². The minimum absolute atomic E-state index is 0.145. The van der Waals surface area contributed by atoms with Crippen LogP contribution in [0.15, 0.2) is 18.2 Å². The van der Waals surface area contributed by atoms with Gasteiger partial charge in [0, 0.05) is 25.7 Å². The highest BCUT2D eigenvalue weighted by Crippen LogP contribution is 2.35. The van der Waals surface area contributed by atoms with Gasteiger partial charge in [0.25, 0.3) is 0 Å². The SMILES string of the molecule is COc1cccc(OC)c1C(N)C1CN(C)CCN1C. The maximum atomic E-state index is 6.55. The largest absolute Gasteiger partial charge is 0.496 e. The fraction of sp³-hybridized carbons (Fsp3) is 0.600. The third-order valence-electron chi connectivity index (χ3n) is 4.11. The van der Waals surface area contributed by atoms with E-state index in [1.165, 1.54) is 0 Å². The van der Waals surface area contributed by atoms with Crippen LogP contribution in [-0.4, -0.2) is 63.8 Å². The third kappa shape index (κ3) is 2.90. The van der Waals surface area contributed by atoms with Gasteiger partial charge in [-0.1, -0.05) is 6.07 Å². The molecule has 1 aromatic rings. The van der Waals surface area contributed by atoms with Crippen molar-refractivity contribution in [3.05, 3.63) is 23.8 Å². The number of rotatable bonds is 4. The van der Waals surface area contributed by atoms with E-state index in [2.05, 4.69) is 23.9 Å². The predicted molar refractivity (Wildman–Crippen MR) is 80.4 cm³/mol. The second kappa shape index (κ2) is 6.43. The van der Waals surface area contributed by atoms with Crippen LogP contribution in [0.5, 0.6) is 11.5 Å². The van der Waals surface area contributed by atoms with Crippen molar-refractivity contribution in [1.82, 2.24) is 9.80 Å². The first-order valence-electron chi connectivity index (χ1n) is 6.93. The fourth-order valence-electron chi connectivity index (χ4n) is 2.83. The van der Waals surface area contributed by atoms with E-state index in [0.717, 1.165) is 36.7 Å². The van der Waals surface area contributed by atoms with Gasteiger partial charge in [0.05, 0.1) is 25.8 Å². The van der Waals surface area contributed by atoms with Crippen LogP contribution in [-0.2, 0) is 0 Å². The number of nitrogens with zero attached hydrogens (tertiary/aromatic N) is 2. The normalized spacial score (nSPS) is 22.6. The Morgan fingerprint density at radius 1 is 1.15 bits per heavy atom. The lowest BCUT2D eigenvalue weighted by Crippen LogP contribution is -2.54. The van der Waals surface area contributed by atoms with Gasteiger partial charge in [-0.3, -0.25) is 4.90 Å². The summed E-state index contributed by atoms with van der Waals surface area (Å²) in [5.74, 6) is 1.58. The summed E-state index contributed by atoms with van der Waals surface area (Å²) in [6.45, 7) is 3.04. The molecular formula is C15H25N3O2. The van der Waals surface area contributed by atoms with Gasteiger partial charge < -0.3 is 20.1 Å². The van der Waals surface area contributed by atoms with Gasteiger partial charge in [-0.05, 0) is 26.2 Å². The van der Waals surface area contributed by atoms with Crippen molar-refractivity contribution >= 4 is 0 Å². The van der Waals surface area contributed by atoms with E-state index < -0.39 is 0 Å². The number of ether oxygens (including phenoxy) is 2. The zero-order valence-corrected chi connectivity index (χ0v) is 12.8. The van der Waals surface area contributed by atoms with Crippen LogP contribution in [0.1, 0.15) is 11.6 Å². The smallest absolute Gasteiger partial charge is 0.127 e. The Morgan fingerprint density at radius 3 is 2.30 bits per heavy atom. The topological polar surface area (TPSA) is 51.0 Å². The molecule has 0 spiro atoms. The molecule has 0 aromatic heterocycles. The number of hydrogen-bond acceptors (Lipinski definition) is 5. The Kier molecular flexibility index (Phi) is 4.86. The quantitative estimate of drug-likeness (QED) is 0.889. The Bertz CT molecular complexity index is 430. The Labute approximate surface area is 121 Å². The van der Waals surface area contributed by atoms with Gasteiger partial charge in [-0.25, -0.2) is 0 Å². The molecule has 1 saturated heterocycles. The first kappa shape index (κ1) is 15.1. The van der Waals surface area contributed by atoms with Gasteiger partial charge in [0.2, 0.25) is 0 Å². The maximum Gasteiger partial charge on any atom is 0.127 e. The van der Waals surface area contributed by atoms with Crippen molar-refractivity contribution in [2.45, 2.75) is 12.1 Å². The van der Waals surface area contributed by atoms with E-state index in [9.17, 15) is 0 Å². The fourth-order valence-corrected chi connectivity index (χ4v) is 2.83. The van der Waals surface area contributed by atoms with Gasteiger partial charge in [-0.15, -0.1) is 0 Å². The number of benzene rings is 1. The molecule has 0 amide bonds. The Hall–Kier alpha value is -1.30. The molecule has 0 saturated carbocycles. The molecule has 2 rings (SSSR count). The molecule has 0 radical (unpaired) electrons. The summed E-state index contributed by atoms with van der Waals surface area (Å²) in [5, 5.41) is 0. The van der Waals surface area contributed by atoms with Gasteiger partial charge in [-0.2, -0.15) is 0 Å². The van der Waals surface area contributed by atoms with Crippen molar-refractivity contribution in [2.24, 2.45) is 5.73 Å². The van der Waals surface area contributed by atoms with Crippen molar-refractivity contribution in [1.29, 1.82) is 0 Å². The van der Waals surface area contributed by atoms with E-state index in [1.807, 2.05) is 18.2 Å². The monoisotopic (exact) mass is 279 g/mol. The highest BCUT2D eigenvalue weighted by atomic mass is 16.5. The van der Waals surface area contributed by atoms with Gasteiger partial charge in [0.1, 0.15) is 11.5 Å². The first-order chi connectivity index (χ1) is 9.58. The molecular weight excluding hydrogens is 254 g/mol. The van der Waals surface area contributed by atoms with Gasteiger partial charge >= 0.3 is 0 Å². The molecule has 1 fully saturated rings. The Morgan fingerprint density at radius 2 is 1.75 bits per heavy atom. The highest BCUT2D eigenvalue weighted by Gasteiger charge is 2.31. The predicted octanol–water partition coefficient (Wildman–Crippen LogP) is 0.949. The summed E-state index contributed by atoms with van der Waals surface area (Å²) in [5.41, 5.74) is 7.50. The molecule has 5 heteroatoms. The molecule has 0 bridgehead atoms. The molecule has 2 N–H and O–H groups in total. The zero-order chi connectivity index (χ0) is 14.7. The molecule has 2 unspecified atom stereocenters. The third-order valence-corrected chi connectivity index (χ3v) is 4.11. The van der Waals surface area contributed by atoms with Crippen molar-refractivity contribution in [3.63, 3.8) is 0 Å². The molecule has 1 aliphatic heterocycles. The summed E-state index contributed by atoms with van der Waals surface area (Å²) in [6, 6.07) is 5.90. The van der Waals surface area contributed by atoms with Crippen LogP contribution >= 0.6 is 0 Å². The summed E-state index contributed by atoms with van der Waals surface area (Å²) in [7, 11) is 7.59. The second-order valence-corrected chi connectivity index (χ2v) is 5.41. The summed E-state index contributed by atoms with van der Waals surface area (Å²) in [4.78, 5) is 4.63. The lowest BCUT2D eigenvalue weighted by atomic mass is 9.95. The number of methoxy groups -OCH3 is 2. The van der Waals surface area contributed by atoms with Crippen LogP contribution in [0, 0.1) is 0 Å². The Balaban J connectivity index is 2.34. The molecule has 5 nitrogen and oxygen atoms in total. The number of piperazine rings is 1. The number of hydrogen-bond donors (Lipinski definition) is 1. The second-order valence-electron chi connectivity index (χ2n) is 5.41. The summed E-state index contributed by atoms with van der Waals surface area (Å²) in [6.07, 6.45) is 0. The maximum absolute atomic E-state index is 6.55. The molecule has 1 aliphatic rings. The minimum atomic E-state index is -0.145. The molecule has 0 aliphatic carbocycles. The van der Waals surface area contributed by atoms with Crippen LogP contribution in [0.25, 0.3) is 0 Å². The van der Waals surface area contributed by atoms with E-state index in [-0.39, 0.29) is 12.1 Å². The summed E-state index contributed by atoms with van der Waals surface area (Å²) < 4.78 is 10.9. The van der Waals surface area contributed by atoms with Crippen molar-refractivity contribution in [3.8, 4) is 11.5 Å². The highest BCUT2D eigenvalue weighted by molar-refractivity contribution is 5.47. The van der Waals surface area contributed by atoms with Crippen molar-refractivity contribution in [2.75, 3.05) is 47.9 Å². The van der Waals surface area contributed by atoms with E-state index in [4.69, 9.17) is 15.2 Å². The van der Waals surface area contributed by atoms with Crippen LogP contribution in [0.4, 0.5) is 0 Å². The molecule has 2 atom stereocenters. The molecule has 1 heterocycles. The average molecular weight is 279 g/mol. The van der Waals surface area contributed by atoms with Crippen LogP contribution in [0.2, 0.25) is 0 Å². The minimum Gasteiger partial charge on any atom is -0.496 e. The zero-order valence-electron chi connectivity index (χ0n) is 12.8. The van der Waals surface area contributed by atoms with E-state index in [1.54, 1.807) is 14.2 Å². The lowest BCUT2D eigenvalue weighted by Gasteiger charge is -2.41. The number of nitrogens with two attached hydrogens (primary N) is 1. The molecule has 112 valence electrons. The van der Waals surface area contributed by atoms with E-state index in [0.29, 0.717) is 0 Å². The van der Waals surface area contributed by atoms with Crippen molar-refractivity contribution < 1.29 is 9.47 Å². The molecule has 20 heavy (non-hydrogen) atoms. The molecule has 1 aromatic carbocycles. The lowest BCUT2D eigenvalue weighted by molar-refractivity contribution is 0.0961. The van der Waals surface area contributed by atoms with Crippen LogP contribution in [0.3, 0.4) is 0 Å². The average Bonchev–Trinajstić information content (AvgIpc) is 2.48. The standard InChI is InChI=1S/C15H25N3O2/c1-17-8-9-18(2)11(10-17)15(16)14-12(19-3)6-5-7-13(14)20-4/h5-7,11,15H,8-10,16H2,1-4H3. The number of likely N-dealkylation sites (N-methyl/N-ethyl adjacent to an activating group) is 2. The van der Waals surface area contributed by atoms with Gasteiger partial charge in [0.15, 0.2) is 0 Å². The first-order valence-corrected chi connectivity index (χ1v) is 6.93. The summed E-state index contributed by atoms with van der Waals surface area (Å²) >= 11 is 0.